The number of aromatic nitrogens is 3. The fraction of sp³-hybridized carbons (Fsp3) is 0.300. The van der Waals surface area contributed by atoms with E-state index < -0.39 is 0 Å². The number of H-pyrrole nitrogens is 1. The molecule has 0 spiro atoms. The van der Waals surface area contributed by atoms with Gasteiger partial charge in [0.1, 0.15) is 11.4 Å². The lowest BCUT2D eigenvalue weighted by Crippen LogP contribution is -2.40. The summed E-state index contributed by atoms with van der Waals surface area (Å²) in [6.45, 7) is 0. The van der Waals surface area contributed by atoms with Gasteiger partial charge >= 0.3 is 0 Å². The SMILES string of the molecule is O=C(NC1CCC(Oc2cccc3cnccc23)CC1)c1cncc(=O)[nH]1. The summed E-state index contributed by atoms with van der Waals surface area (Å²) in [7, 11) is 0. The van der Waals surface area contributed by atoms with Crippen LogP contribution in [0.4, 0.5) is 0 Å². The number of hydrogen-bond donors (Lipinski definition) is 2. The van der Waals surface area contributed by atoms with Crippen LogP contribution in [0.1, 0.15) is 36.2 Å². The second-order valence-electron chi connectivity index (χ2n) is 6.73. The summed E-state index contributed by atoms with van der Waals surface area (Å²) in [4.78, 5) is 33.9. The van der Waals surface area contributed by atoms with Crippen LogP contribution in [0.25, 0.3) is 10.8 Å². The highest BCUT2D eigenvalue weighted by Gasteiger charge is 2.24. The van der Waals surface area contributed by atoms with Crippen LogP contribution in [-0.4, -0.2) is 33.0 Å². The molecule has 2 heterocycles. The molecule has 1 aromatic carbocycles. The Hall–Kier alpha value is -3.22. The zero-order chi connectivity index (χ0) is 18.6. The predicted molar refractivity (Wildman–Crippen MR) is 101 cm³/mol. The molecule has 0 saturated heterocycles. The van der Waals surface area contributed by atoms with Crippen molar-refractivity contribution in [2.24, 2.45) is 0 Å². The second kappa shape index (κ2) is 7.57. The third-order valence-corrected chi connectivity index (χ3v) is 4.84. The molecule has 1 amide bonds. The van der Waals surface area contributed by atoms with Gasteiger partial charge in [-0.3, -0.25) is 19.6 Å². The number of carbonyl (C=O) groups excluding carboxylic acids is 1. The number of benzene rings is 1. The van der Waals surface area contributed by atoms with E-state index in [2.05, 4.69) is 20.3 Å². The Bertz CT molecular complexity index is 1000. The zero-order valence-corrected chi connectivity index (χ0v) is 14.7. The lowest BCUT2D eigenvalue weighted by molar-refractivity contribution is 0.0889. The first kappa shape index (κ1) is 17.2. The Kier molecular flexibility index (Phi) is 4.82. The molecule has 7 nitrogen and oxygen atoms in total. The lowest BCUT2D eigenvalue weighted by Gasteiger charge is -2.29. The van der Waals surface area contributed by atoms with Crippen LogP contribution in [0.5, 0.6) is 5.75 Å². The van der Waals surface area contributed by atoms with Gasteiger partial charge in [-0.25, -0.2) is 0 Å². The molecule has 7 heteroatoms. The monoisotopic (exact) mass is 364 g/mol. The molecule has 2 aromatic heterocycles. The highest BCUT2D eigenvalue weighted by Crippen LogP contribution is 2.29. The first-order valence-electron chi connectivity index (χ1n) is 9.03. The summed E-state index contributed by atoms with van der Waals surface area (Å²) in [6, 6.07) is 8.00. The van der Waals surface area contributed by atoms with Gasteiger partial charge in [0.2, 0.25) is 0 Å². The van der Waals surface area contributed by atoms with Crippen molar-refractivity contribution in [2.45, 2.75) is 37.8 Å². The van der Waals surface area contributed by atoms with Gasteiger partial charge in [0.05, 0.1) is 18.5 Å². The van der Waals surface area contributed by atoms with Crippen molar-refractivity contribution < 1.29 is 9.53 Å². The number of hydrogen-bond acceptors (Lipinski definition) is 5. The molecular weight excluding hydrogens is 344 g/mol. The quantitative estimate of drug-likeness (QED) is 0.741. The molecule has 3 aromatic rings. The lowest BCUT2D eigenvalue weighted by atomic mass is 9.92. The maximum atomic E-state index is 12.2. The van der Waals surface area contributed by atoms with E-state index in [9.17, 15) is 9.59 Å². The maximum absolute atomic E-state index is 12.2. The Morgan fingerprint density at radius 3 is 2.74 bits per heavy atom. The van der Waals surface area contributed by atoms with E-state index in [0.29, 0.717) is 0 Å². The molecule has 0 unspecified atom stereocenters. The predicted octanol–water partition coefficient (Wildman–Crippen LogP) is 2.44. The smallest absolute Gasteiger partial charge is 0.269 e. The molecule has 0 atom stereocenters. The zero-order valence-electron chi connectivity index (χ0n) is 14.7. The summed E-state index contributed by atoms with van der Waals surface area (Å²) in [6.07, 6.45) is 9.59. The van der Waals surface area contributed by atoms with Gasteiger partial charge in [0.15, 0.2) is 0 Å². The first-order chi connectivity index (χ1) is 13.2. The van der Waals surface area contributed by atoms with E-state index >= 15 is 0 Å². The number of rotatable bonds is 4. The highest BCUT2D eigenvalue weighted by molar-refractivity contribution is 5.92. The Morgan fingerprint density at radius 1 is 1.07 bits per heavy atom. The molecule has 0 aliphatic heterocycles. The average molecular weight is 364 g/mol. The first-order valence-corrected chi connectivity index (χ1v) is 9.03. The van der Waals surface area contributed by atoms with Crippen molar-refractivity contribution in [3.8, 4) is 5.75 Å². The molecule has 2 N–H and O–H groups in total. The number of nitrogens with one attached hydrogen (secondary N) is 2. The van der Waals surface area contributed by atoms with Crippen LogP contribution < -0.4 is 15.6 Å². The summed E-state index contributed by atoms with van der Waals surface area (Å²) in [5, 5.41) is 5.08. The minimum Gasteiger partial charge on any atom is -0.490 e. The Balaban J connectivity index is 1.35. The fourth-order valence-electron chi connectivity index (χ4n) is 3.46. The molecule has 1 aliphatic rings. The molecule has 0 bridgehead atoms. The summed E-state index contributed by atoms with van der Waals surface area (Å²) in [5.74, 6) is 0.571. The van der Waals surface area contributed by atoms with Gasteiger partial charge in [0, 0.05) is 29.2 Å². The van der Waals surface area contributed by atoms with Gasteiger partial charge < -0.3 is 15.0 Å². The molecular formula is C20H20N4O3. The van der Waals surface area contributed by atoms with Crippen LogP contribution in [-0.2, 0) is 0 Å². The number of pyridine rings is 1. The van der Waals surface area contributed by atoms with Crippen molar-refractivity contribution in [3.63, 3.8) is 0 Å². The van der Waals surface area contributed by atoms with Crippen molar-refractivity contribution in [3.05, 3.63) is 65.1 Å². The van der Waals surface area contributed by atoms with Gasteiger partial charge in [0.25, 0.3) is 11.5 Å². The van der Waals surface area contributed by atoms with E-state index in [1.54, 1.807) is 6.20 Å². The van der Waals surface area contributed by atoms with Gasteiger partial charge in [-0.1, -0.05) is 12.1 Å². The van der Waals surface area contributed by atoms with E-state index in [0.717, 1.165) is 48.4 Å². The number of amides is 1. The maximum Gasteiger partial charge on any atom is 0.269 e. The molecule has 1 aliphatic carbocycles. The highest BCUT2D eigenvalue weighted by atomic mass is 16.5. The third kappa shape index (κ3) is 3.97. The van der Waals surface area contributed by atoms with Gasteiger partial charge in [-0.05, 0) is 37.8 Å². The largest absolute Gasteiger partial charge is 0.490 e. The number of carbonyl (C=O) groups is 1. The van der Waals surface area contributed by atoms with Crippen molar-refractivity contribution in [2.75, 3.05) is 0 Å². The standard InChI is InChI=1S/C20H20N4O3/c25-19-12-22-11-17(24-19)20(26)23-14-4-6-15(7-5-14)27-18-3-1-2-13-10-21-9-8-16(13)18/h1-3,8-12,14-15H,4-7H2,(H,23,26)(H,24,25). The molecule has 138 valence electrons. The van der Waals surface area contributed by atoms with Crippen LogP contribution in [0.3, 0.4) is 0 Å². The summed E-state index contributed by atoms with van der Waals surface area (Å²) >= 11 is 0. The average Bonchev–Trinajstić information content (AvgIpc) is 2.70. The fourth-order valence-corrected chi connectivity index (χ4v) is 3.46. The third-order valence-electron chi connectivity index (χ3n) is 4.84. The van der Waals surface area contributed by atoms with E-state index in [1.807, 2.05) is 30.5 Å². The number of nitrogens with zero attached hydrogens (tertiary/aromatic N) is 2. The van der Waals surface area contributed by atoms with Crippen molar-refractivity contribution >= 4 is 16.7 Å². The minimum atomic E-state index is -0.384. The van der Waals surface area contributed by atoms with Crippen LogP contribution in [0.15, 0.2) is 53.8 Å². The number of aromatic amines is 1. The van der Waals surface area contributed by atoms with Crippen molar-refractivity contribution in [1.82, 2.24) is 20.3 Å². The van der Waals surface area contributed by atoms with Crippen LogP contribution >= 0.6 is 0 Å². The van der Waals surface area contributed by atoms with E-state index in [4.69, 9.17) is 4.74 Å². The molecule has 1 fully saturated rings. The number of ether oxygens (including phenoxy) is 1. The van der Waals surface area contributed by atoms with E-state index in [-0.39, 0.29) is 29.3 Å². The molecule has 4 rings (SSSR count). The van der Waals surface area contributed by atoms with E-state index in [1.165, 1.54) is 6.20 Å². The minimum absolute atomic E-state index is 0.0674. The number of fused-ring (bicyclic) bond motifs is 1. The topological polar surface area (TPSA) is 97.0 Å². The van der Waals surface area contributed by atoms with Crippen LogP contribution in [0, 0.1) is 0 Å². The molecule has 0 radical (unpaired) electrons. The molecule has 1 saturated carbocycles. The van der Waals surface area contributed by atoms with Crippen LogP contribution in [0.2, 0.25) is 0 Å². The Morgan fingerprint density at radius 2 is 1.93 bits per heavy atom. The Labute approximate surface area is 155 Å². The normalized spacial score (nSPS) is 19.6. The van der Waals surface area contributed by atoms with Crippen molar-refractivity contribution in [1.29, 1.82) is 0 Å². The summed E-state index contributed by atoms with van der Waals surface area (Å²) < 4.78 is 6.22. The molecule has 27 heavy (non-hydrogen) atoms. The van der Waals surface area contributed by atoms with Gasteiger partial charge in [-0.2, -0.15) is 0 Å². The van der Waals surface area contributed by atoms with Gasteiger partial charge in [-0.15, -0.1) is 0 Å². The summed E-state index contributed by atoms with van der Waals surface area (Å²) in [5.41, 5.74) is -0.199. The second-order valence-corrected chi connectivity index (χ2v) is 6.73.